The zero-order valence-corrected chi connectivity index (χ0v) is 19.8. The molecule has 3 aliphatic rings. The number of aryl methyl sites for hydroxylation is 3. The highest BCUT2D eigenvalue weighted by Crippen LogP contribution is 2.38. The Kier molecular flexibility index (Phi) is 5.68. The van der Waals surface area contributed by atoms with Crippen molar-refractivity contribution in [2.75, 3.05) is 29.8 Å². The zero-order valence-electron chi connectivity index (χ0n) is 19.0. The Balaban J connectivity index is 1.46. The van der Waals surface area contributed by atoms with Crippen LogP contribution in [0.15, 0.2) is 18.5 Å². The standard InChI is InChI=1S/C22H30N6O4S/c1-25-10-9-17(13-25)27(18-12-23-26(2)14-18)33(31,32)28(30)22(29)24-21-19-7-3-5-15(19)11-16-6-4-8-20(16)21/h11-12,14,17,28H,3-10,13H2,1-2H3,(H,24,29). The van der Waals surface area contributed by atoms with Gasteiger partial charge in [-0.3, -0.25) is 10.00 Å². The molecule has 1 aromatic carbocycles. The Morgan fingerprint density at radius 2 is 1.85 bits per heavy atom. The zero-order chi connectivity index (χ0) is 23.3. The van der Waals surface area contributed by atoms with Crippen LogP contribution in [0.1, 0.15) is 41.5 Å². The smallest absolute Gasteiger partial charge is 0.436 e. The Morgan fingerprint density at radius 1 is 1.18 bits per heavy atom. The molecule has 2 aromatic rings. The fourth-order valence-electron chi connectivity index (χ4n) is 5.51. The van der Waals surface area contributed by atoms with Crippen molar-refractivity contribution in [1.29, 1.82) is 0 Å². The van der Waals surface area contributed by atoms with Crippen molar-refractivity contribution in [1.82, 2.24) is 14.7 Å². The summed E-state index contributed by atoms with van der Waals surface area (Å²) in [6, 6.07) is 0.690. The number of likely N-dealkylation sites (tertiary alicyclic amines) is 1. The number of rotatable bonds is 5. The van der Waals surface area contributed by atoms with Gasteiger partial charge in [0.2, 0.25) is 0 Å². The summed E-state index contributed by atoms with van der Waals surface area (Å²) in [6.45, 7) is 1.18. The average molecular weight is 475 g/mol. The third-order valence-corrected chi connectivity index (χ3v) is 8.71. The van der Waals surface area contributed by atoms with Gasteiger partial charge < -0.3 is 10.1 Å². The van der Waals surface area contributed by atoms with E-state index >= 15 is 0 Å². The number of nitrogens with zero attached hydrogens (tertiary/aromatic N) is 4. The topological polar surface area (TPSA) is 115 Å². The van der Waals surface area contributed by atoms with E-state index in [9.17, 15) is 18.4 Å². The summed E-state index contributed by atoms with van der Waals surface area (Å²) in [7, 11) is -1.01. The van der Waals surface area contributed by atoms with Crippen LogP contribution in [-0.4, -0.2) is 55.3 Å². The number of aromatic nitrogens is 2. The normalized spacial score (nSPS) is 21.1. The molecule has 2 heterocycles. The molecule has 2 atom stereocenters. The Morgan fingerprint density at radius 3 is 2.39 bits per heavy atom. The Bertz CT molecular complexity index is 1160. The minimum Gasteiger partial charge on any atom is -0.608 e. The summed E-state index contributed by atoms with van der Waals surface area (Å²) in [5, 5.41) is 20.0. The Labute approximate surface area is 193 Å². The highest BCUT2D eigenvalue weighted by molar-refractivity contribution is 7.86. The molecule has 0 bridgehead atoms. The summed E-state index contributed by atoms with van der Waals surface area (Å²) in [6.07, 6.45) is 9.08. The number of quaternary nitrogens is 1. The lowest BCUT2D eigenvalue weighted by Crippen LogP contribution is -3.14. The Hall–Kier alpha value is -2.47. The molecule has 1 saturated heterocycles. The van der Waals surface area contributed by atoms with E-state index in [-0.39, 0.29) is 0 Å². The number of amides is 2. The van der Waals surface area contributed by atoms with Crippen molar-refractivity contribution < 1.29 is 17.7 Å². The van der Waals surface area contributed by atoms with Gasteiger partial charge in [0.1, 0.15) is 0 Å². The number of anilines is 2. The van der Waals surface area contributed by atoms with Gasteiger partial charge in [0.15, 0.2) is 0 Å². The molecule has 2 N–H and O–H groups in total. The van der Waals surface area contributed by atoms with E-state index in [1.165, 1.54) is 22.0 Å². The van der Waals surface area contributed by atoms with Gasteiger partial charge in [0.05, 0.1) is 23.6 Å². The molecule has 11 heteroatoms. The molecule has 178 valence electrons. The fraction of sp³-hybridized carbons (Fsp3) is 0.545. The van der Waals surface area contributed by atoms with E-state index in [1.807, 2.05) is 11.9 Å². The van der Waals surface area contributed by atoms with Crippen LogP contribution in [0.2, 0.25) is 0 Å². The van der Waals surface area contributed by atoms with Crippen LogP contribution in [0.3, 0.4) is 0 Å². The van der Waals surface area contributed by atoms with Gasteiger partial charge in [-0.15, -0.1) is 0 Å². The highest BCUT2D eigenvalue weighted by Gasteiger charge is 2.42. The third-order valence-electron chi connectivity index (χ3n) is 7.03. The highest BCUT2D eigenvalue weighted by atomic mass is 32.2. The first-order valence-corrected chi connectivity index (χ1v) is 12.9. The number of benzene rings is 1. The SMILES string of the molecule is CN1CCC(N(c2cnn(C)c2)S(=O)(=O)[NH+]([O-])C(=O)Nc2c3c(cc4c2CCC4)CCC3)C1. The second-order valence-corrected chi connectivity index (χ2v) is 11.1. The first kappa shape index (κ1) is 22.3. The lowest BCUT2D eigenvalue weighted by atomic mass is 9.99. The molecule has 0 spiro atoms. The van der Waals surface area contributed by atoms with Gasteiger partial charge in [-0.25, -0.2) is 9.10 Å². The predicted octanol–water partition coefficient (Wildman–Crippen LogP) is 0.768. The quantitative estimate of drug-likeness (QED) is 0.619. The number of hydrogen-bond donors (Lipinski definition) is 2. The summed E-state index contributed by atoms with van der Waals surface area (Å²) in [5.41, 5.74) is 5.46. The monoisotopic (exact) mass is 474 g/mol. The molecule has 2 amide bonds. The third kappa shape index (κ3) is 3.92. The number of hydrogen-bond acceptors (Lipinski definition) is 6. The maximum atomic E-state index is 13.5. The van der Waals surface area contributed by atoms with Crippen molar-refractivity contribution in [2.24, 2.45) is 7.05 Å². The fourth-order valence-corrected chi connectivity index (χ4v) is 6.91. The number of fused-ring (bicyclic) bond motifs is 2. The molecule has 2 aliphatic carbocycles. The van der Waals surface area contributed by atoms with Gasteiger partial charge in [-0.2, -0.15) is 18.0 Å². The van der Waals surface area contributed by atoms with Crippen molar-refractivity contribution in [3.05, 3.63) is 45.9 Å². The summed E-state index contributed by atoms with van der Waals surface area (Å²) < 4.78 is 28.1. The number of carbonyl (C=O) groups is 1. The molecule has 1 fully saturated rings. The number of urea groups is 1. The molecule has 0 saturated carbocycles. The van der Waals surface area contributed by atoms with Gasteiger partial charge in [0.25, 0.3) is 0 Å². The summed E-state index contributed by atoms with van der Waals surface area (Å²) >= 11 is 0. The summed E-state index contributed by atoms with van der Waals surface area (Å²) in [5.74, 6) is 0. The molecule has 2 unspecified atom stereocenters. The summed E-state index contributed by atoms with van der Waals surface area (Å²) in [4.78, 5) is 15.1. The van der Waals surface area contributed by atoms with E-state index < -0.39 is 26.8 Å². The van der Waals surface area contributed by atoms with Crippen LogP contribution in [0.5, 0.6) is 0 Å². The minimum atomic E-state index is -4.59. The second kappa shape index (κ2) is 8.39. The largest absolute Gasteiger partial charge is 0.608 e. The van der Waals surface area contributed by atoms with E-state index in [4.69, 9.17) is 0 Å². The second-order valence-electron chi connectivity index (χ2n) is 9.35. The molecular formula is C22H30N6O4S. The van der Waals surface area contributed by atoms with Crippen molar-refractivity contribution >= 4 is 27.6 Å². The molecule has 5 rings (SSSR count). The van der Waals surface area contributed by atoms with Crippen LogP contribution in [0.4, 0.5) is 16.2 Å². The van der Waals surface area contributed by atoms with Gasteiger partial charge >= 0.3 is 16.2 Å². The average Bonchev–Trinajstić information content (AvgIpc) is 3.56. The first-order chi connectivity index (χ1) is 15.8. The number of likely N-dealkylation sites (N-methyl/N-ethyl adjacent to an activating group) is 1. The van der Waals surface area contributed by atoms with Gasteiger partial charge in [0, 0.05) is 19.8 Å². The number of hydroxylamine groups is 1. The van der Waals surface area contributed by atoms with Crippen molar-refractivity contribution in [3.63, 3.8) is 0 Å². The van der Waals surface area contributed by atoms with Gasteiger partial charge in [-0.1, -0.05) is 6.07 Å². The van der Waals surface area contributed by atoms with Crippen LogP contribution in [-0.2, 0) is 42.9 Å². The molecule has 10 nitrogen and oxygen atoms in total. The molecule has 0 radical (unpaired) electrons. The van der Waals surface area contributed by atoms with Crippen LogP contribution >= 0.6 is 0 Å². The van der Waals surface area contributed by atoms with Crippen LogP contribution in [0.25, 0.3) is 0 Å². The van der Waals surface area contributed by atoms with Crippen molar-refractivity contribution in [3.8, 4) is 0 Å². The maximum Gasteiger partial charge on any atom is 0.436 e. The van der Waals surface area contributed by atoms with Gasteiger partial charge in [-0.05, 0) is 80.8 Å². The predicted molar refractivity (Wildman–Crippen MR) is 124 cm³/mol. The lowest BCUT2D eigenvalue weighted by Gasteiger charge is -2.31. The van der Waals surface area contributed by atoms with Crippen LogP contribution in [0, 0.1) is 5.21 Å². The van der Waals surface area contributed by atoms with E-state index in [0.29, 0.717) is 30.9 Å². The molecule has 1 aromatic heterocycles. The molecule has 1 aliphatic heterocycles. The van der Waals surface area contributed by atoms with Crippen molar-refractivity contribution in [2.45, 2.75) is 51.0 Å². The molecule has 33 heavy (non-hydrogen) atoms. The first-order valence-electron chi connectivity index (χ1n) is 11.5. The molecular weight excluding hydrogens is 444 g/mol. The van der Waals surface area contributed by atoms with Crippen LogP contribution < -0.4 is 14.1 Å². The number of carbonyl (C=O) groups excluding carboxylic acids is 1. The minimum absolute atomic E-state index is 0.292. The maximum absolute atomic E-state index is 13.5. The lowest BCUT2D eigenvalue weighted by molar-refractivity contribution is -0.604. The van der Waals surface area contributed by atoms with E-state index in [2.05, 4.69) is 16.5 Å². The number of nitrogens with one attached hydrogen (secondary N) is 2. The van der Waals surface area contributed by atoms with E-state index in [1.54, 1.807) is 13.2 Å². The van der Waals surface area contributed by atoms with E-state index in [0.717, 1.165) is 54.0 Å².